The average Bonchev–Trinajstić information content (AvgIpc) is 2.78. The van der Waals surface area contributed by atoms with Gasteiger partial charge in [0.15, 0.2) is 0 Å². The normalized spacial score (nSPS) is 19.5. The van der Waals surface area contributed by atoms with E-state index in [9.17, 15) is 4.39 Å². The molecule has 100 valence electrons. The number of benzene rings is 1. The highest BCUT2D eigenvalue weighted by Gasteiger charge is 2.24. The molecule has 18 heavy (non-hydrogen) atoms. The minimum atomic E-state index is -0.218. The summed E-state index contributed by atoms with van der Waals surface area (Å²) in [5.74, 6) is 0.399. The zero-order chi connectivity index (χ0) is 13.0. The SMILES string of the molecule is CCCNCC1CCN(c2ccc(Cl)cc2F)C1. The predicted molar refractivity (Wildman–Crippen MR) is 74.9 cm³/mol. The van der Waals surface area contributed by atoms with Crippen LogP contribution in [-0.2, 0) is 0 Å². The van der Waals surface area contributed by atoms with E-state index in [0.29, 0.717) is 16.6 Å². The number of hydrogen-bond donors (Lipinski definition) is 1. The lowest BCUT2D eigenvalue weighted by molar-refractivity contribution is 0.515. The van der Waals surface area contributed by atoms with Crippen LogP contribution in [0, 0.1) is 11.7 Å². The molecule has 0 saturated carbocycles. The third-order valence-electron chi connectivity index (χ3n) is 3.40. The second-order valence-corrected chi connectivity index (χ2v) is 5.34. The summed E-state index contributed by atoms with van der Waals surface area (Å²) < 4.78 is 13.8. The van der Waals surface area contributed by atoms with Gasteiger partial charge in [0.25, 0.3) is 0 Å². The van der Waals surface area contributed by atoms with E-state index >= 15 is 0 Å². The number of anilines is 1. The summed E-state index contributed by atoms with van der Waals surface area (Å²) in [4.78, 5) is 2.12. The Labute approximate surface area is 113 Å². The van der Waals surface area contributed by atoms with E-state index in [0.717, 1.165) is 39.0 Å². The smallest absolute Gasteiger partial charge is 0.147 e. The van der Waals surface area contributed by atoms with Gasteiger partial charge < -0.3 is 10.2 Å². The summed E-state index contributed by atoms with van der Waals surface area (Å²) in [5.41, 5.74) is 0.678. The van der Waals surface area contributed by atoms with Crippen molar-refractivity contribution in [2.24, 2.45) is 5.92 Å². The molecule has 0 spiro atoms. The van der Waals surface area contributed by atoms with Crippen molar-refractivity contribution >= 4 is 17.3 Å². The molecule has 1 fully saturated rings. The molecule has 0 aromatic heterocycles. The van der Waals surface area contributed by atoms with Crippen LogP contribution in [0.3, 0.4) is 0 Å². The summed E-state index contributed by atoms with van der Waals surface area (Å²) in [6.45, 7) is 6.11. The Morgan fingerprint density at radius 1 is 1.50 bits per heavy atom. The first kappa shape index (κ1) is 13.6. The molecule has 1 unspecified atom stereocenters. The first-order valence-corrected chi connectivity index (χ1v) is 6.99. The van der Waals surface area contributed by atoms with Crippen molar-refractivity contribution in [3.63, 3.8) is 0 Å². The number of halogens is 2. The van der Waals surface area contributed by atoms with Crippen LogP contribution in [0.25, 0.3) is 0 Å². The van der Waals surface area contributed by atoms with Gasteiger partial charge in [-0.3, -0.25) is 0 Å². The second-order valence-electron chi connectivity index (χ2n) is 4.90. The average molecular weight is 271 g/mol. The van der Waals surface area contributed by atoms with Gasteiger partial charge in [-0.2, -0.15) is 0 Å². The predicted octanol–water partition coefficient (Wildman–Crippen LogP) is 3.31. The molecule has 1 atom stereocenters. The van der Waals surface area contributed by atoms with E-state index in [2.05, 4.69) is 17.1 Å². The topological polar surface area (TPSA) is 15.3 Å². The highest BCUT2D eigenvalue weighted by molar-refractivity contribution is 6.30. The number of nitrogens with one attached hydrogen (secondary N) is 1. The van der Waals surface area contributed by atoms with Gasteiger partial charge in [-0.25, -0.2) is 4.39 Å². The van der Waals surface area contributed by atoms with Gasteiger partial charge in [0.1, 0.15) is 5.82 Å². The fraction of sp³-hybridized carbons (Fsp3) is 0.571. The van der Waals surface area contributed by atoms with Crippen molar-refractivity contribution < 1.29 is 4.39 Å². The Morgan fingerprint density at radius 2 is 2.33 bits per heavy atom. The van der Waals surface area contributed by atoms with Gasteiger partial charge in [-0.05, 0) is 50.0 Å². The molecule has 0 amide bonds. The molecule has 1 aromatic carbocycles. The van der Waals surface area contributed by atoms with Crippen LogP contribution in [-0.4, -0.2) is 26.2 Å². The highest BCUT2D eigenvalue weighted by atomic mass is 35.5. The minimum absolute atomic E-state index is 0.218. The Morgan fingerprint density at radius 3 is 3.06 bits per heavy atom. The van der Waals surface area contributed by atoms with Gasteiger partial charge in [0.2, 0.25) is 0 Å². The summed E-state index contributed by atoms with van der Waals surface area (Å²) >= 11 is 5.77. The maximum absolute atomic E-state index is 13.8. The number of nitrogens with zero attached hydrogens (tertiary/aromatic N) is 1. The third-order valence-corrected chi connectivity index (χ3v) is 3.63. The van der Waals surface area contributed by atoms with Gasteiger partial charge >= 0.3 is 0 Å². The lowest BCUT2D eigenvalue weighted by Gasteiger charge is -2.19. The Bertz CT molecular complexity index is 397. The summed E-state index contributed by atoms with van der Waals surface area (Å²) in [6, 6.07) is 4.92. The van der Waals surface area contributed by atoms with Crippen LogP contribution >= 0.6 is 11.6 Å². The molecule has 0 aliphatic carbocycles. The van der Waals surface area contributed by atoms with Gasteiger partial charge in [-0.1, -0.05) is 18.5 Å². The highest BCUT2D eigenvalue weighted by Crippen LogP contribution is 2.27. The summed E-state index contributed by atoms with van der Waals surface area (Å²) in [6.07, 6.45) is 2.28. The van der Waals surface area contributed by atoms with E-state index in [1.165, 1.54) is 6.07 Å². The van der Waals surface area contributed by atoms with Crippen molar-refractivity contribution in [3.8, 4) is 0 Å². The van der Waals surface area contributed by atoms with E-state index < -0.39 is 0 Å². The first-order valence-electron chi connectivity index (χ1n) is 6.61. The zero-order valence-electron chi connectivity index (χ0n) is 10.8. The molecule has 2 nitrogen and oxygen atoms in total. The lowest BCUT2D eigenvalue weighted by Crippen LogP contribution is -2.27. The maximum atomic E-state index is 13.8. The van der Waals surface area contributed by atoms with E-state index in [-0.39, 0.29) is 5.82 Å². The van der Waals surface area contributed by atoms with Crippen LogP contribution in [0.1, 0.15) is 19.8 Å². The lowest BCUT2D eigenvalue weighted by atomic mass is 10.1. The van der Waals surface area contributed by atoms with Crippen molar-refractivity contribution in [1.29, 1.82) is 0 Å². The van der Waals surface area contributed by atoms with Crippen molar-refractivity contribution in [3.05, 3.63) is 29.0 Å². The second kappa shape index (κ2) is 6.39. The van der Waals surface area contributed by atoms with Crippen LogP contribution in [0.5, 0.6) is 0 Å². The number of hydrogen-bond acceptors (Lipinski definition) is 2. The third kappa shape index (κ3) is 3.36. The molecular formula is C14H20ClFN2. The molecule has 1 aliphatic rings. The number of rotatable bonds is 5. The quantitative estimate of drug-likeness (QED) is 0.826. The van der Waals surface area contributed by atoms with Crippen molar-refractivity contribution in [1.82, 2.24) is 5.32 Å². The maximum Gasteiger partial charge on any atom is 0.147 e. The molecule has 1 saturated heterocycles. The minimum Gasteiger partial charge on any atom is -0.369 e. The standard InChI is InChI=1S/C14H20ClFN2/c1-2-6-17-9-11-5-7-18(10-11)14-4-3-12(15)8-13(14)16/h3-4,8,11,17H,2,5-7,9-10H2,1H3. The summed E-state index contributed by atoms with van der Waals surface area (Å²) in [5, 5.41) is 3.89. The molecule has 2 rings (SSSR count). The Kier molecular flexibility index (Phi) is 4.84. The zero-order valence-corrected chi connectivity index (χ0v) is 11.5. The van der Waals surface area contributed by atoms with E-state index in [4.69, 9.17) is 11.6 Å². The van der Waals surface area contributed by atoms with Gasteiger partial charge in [0, 0.05) is 18.1 Å². The molecular weight excluding hydrogens is 251 g/mol. The monoisotopic (exact) mass is 270 g/mol. The Hall–Kier alpha value is -0.800. The van der Waals surface area contributed by atoms with E-state index in [1.54, 1.807) is 12.1 Å². The molecule has 1 N–H and O–H groups in total. The molecule has 1 aliphatic heterocycles. The van der Waals surface area contributed by atoms with Crippen LogP contribution in [0.4, 0.5) is 10.1 Å². The molecule has 0 bridgehead atoms. The Balaban J connectivity index is 1.91. The molecule has 0 radical (unpaired) electrons. The molecule has 1 heterocycles. The van der Waals surface area contributed by atoms with Crippen LogP contribution in [0.15, 0.2) is 18.2 Å². The largest absolute Gasteiger partial charge is 0.369 e. The fourth-order valence-electron chi connectivity index (χ4n) is 2.44. The fourth-order valence-corrected chi connectivity index (χ4v) is 2.60. The van der Waals surface area contributed by atoms with Crippen LogP contribution < -0.4 is 10.2 Å². The van der Waals surface area contributed by atoms with Crippen molar-refractivity contribution in [2.45, 2.75) is 19.8 Å². The van der Waals surface area contributed by atoms with E-state index in [1.807, 2.05) is 0 Å². The van der Waals surface area contributed by atoms with Gasteiger partial charge in [0.05, 0.1) is 5.69 Å². The molecule has 4 heteroatoms. The first-order chi connectivity index (χ1) is 8.70. The van der Waals surface area contributed by atoms with Crippen molar-refractivity contribution in [2.75, 3.05) is 31.1 Å². The van der Waals surface area contributed by atoms with Crippen LogP contribution in [0.2, 0.25) is 5.02 Å². The van der Waals surface area contributed by atoms with Gasteiger partial charge in [-0.15, -0.1) is 0 Å². The summed E-state index contributed by atoms with van der Waals surface area (Å²) in [7, 11) is 0. The molecule has 1 aromatic rings.